The summed E-state index contributed by atoms with van der Waals surface area (Å²) >= 11 is 0. The molecule has 0 aliphatic carbocycles. The number of benzene rings is 1. The van der Waals surface area contributed by atoms with E-state index in [0.29, 0.717) is 11.3 Å². The third-order valence-corrected chi connectivity index (χ3v) is 4.43. The quantitative estimate of drug-likeness (QED) is 0.843. The minimum Gasteiger partial charge on any atom is -0.466 e. The molecule has 0 radical (unpaired) electrons. The van der Waals surface area contributed by atoms with Gasteiger partial charge in [-0.15, -0.1) is 0 Å². The predicted molar refractivity (Wildman–Crippen MR) is 93.2 cm³/mol. The highest BCUT2D eigenvalue weighted by Crippen LogP contribution is 2.13. The Morgan fingerprint density at radius 1 is 1.21 bits per heavy atom. The van der Waals surface area contributed by atoms with E-state index in [1.807, 2.05) is 13.0 Å². The highest BCUT2D eigenvalue weighted by molar-refractivity contribution is 5.96. The predicted octanol–water partition coefficient (Wildman–Crippen LogP) is 1.86. The maximum Gasteiger partial charge on any atom is 0.274 e. The Balaban J connectivity index is 1.50. The fourth-order valence-electron chi connectivity index (χ4n) is 3.11. The monoisotopic (exact) mass is 326 g/mol. The van der Waals surface area contributed by atoms with E-state index in [9.17, 15) is 4.79 Å². The fourth-order valence-corrected chi connectivity index (χ4v) is 3.11. The van der Waals surface area contributed by atoms with Gasteiger partial charge in [0.2, 0.25) is 0 Å². The normalized spacial score (nSPS) is 17.6. The smallest absolute Gasteiger partial charge is 0.274 e. The highest BCUT2D eigenvalue weighted by Gasteiger charge is 2.19. The Morgan fingerprint density at radius 2 is 1.92 bits per heavy atom. The second-order valence-electron chi connectivity index (χ2n) is 6.36. The van der Waals surface area contributed by atoms with Crippen LogP contribution in [-0.4, -0.2) is 24.7 Å². The molecule has 1 aliphatic heterocycles. The van der Waals surface area contributed by atoms with Crippen molar-refractivity contribution in [2.75, 3.05) is 13.1 Å². The number of hydrogen-bond acceptors (Lipinski definition) is 3. The van der Waals surface area contributed by atoms with Crippen molar-refractivity contribution in [2.24, 2.45) is 5.10 Å². The van der Waals surface area contributed by atoms with E-state index in [4.69, 9.17) is 4.42 Å². The van der Waals surface area contributed by atoms with Crippen LogP contribution in [0.25, 0.3) is 0 Å². The lowest BCUT2D eigenvalue weighted by molar-refractivity contribution is -0.914. The first-order valence-corrected chi connectivity index (χ1v) is 8.42. The molecule has 2 N–H and O–H groups in total. The zero-order valence-electron chi connectivity index (χ0n) is 14.3. The second kappa shape index (κ2) is 7.45. The summed E-state index contributed by atoms with van der Waals surface area (Å²) in [6, 6.07) is 12.3. The summed E-state index contributed by atoms with van der Waals surface area (Å²) in [6.07, 6.45) is 1.84. The van der Waals surface area contributed by atoms with Crippen LogP contribution in [0, 0.1) is 13.8 Å². The van der Waals surface area contributed by atoms with Crippen molar-refractivity contribution in [3.63, 3.8) is 0 Å². The number of carbonyl (C=O) groups is 1. The topological polar surface area (TPSA) is 59.0 Å². The van der Waals surface area contributed by atoms with Crippen LogP contribution in [-0.2, 0) is 6.54 Å². The van der Waals surface area contributed by atoms with Gasteiger partial charge in [-0.05, 0) is 19.9 Å². The van der Waals surface area contributed by atoms with Crippen LogP contribution in [0.1, 0.15) is 40.3 Å². The van der Waals surface area contributed by atoms with Crippen molar-refractivity contribution in [3.05, 3.63) is 59.0 Å². The summed E-state index contributed by atoms with van der Waals surface area (Å²) in [5.74, 6) is 1.17. The lowest BCUT2D eigenvalue weighted by Crippen LogP contribution is -3.11. The van der Waals surface area contributed by atoms with Crippen LogP contribution in [0.3, 0.4) is 0 Å². The maximum atomic E-state index is 12.1. The van der Waals surface area contributed by atoms with Gasteiger partial charge in [-0.1, -0.05) is 30.3 Å². The van der Waals surface area contributed by atoms with Crippen LogP contribution in [0.5, 0.6) is 0 Å². The number of carbonyl (C=O) groups excluding carboxylic acids is 1. The number of piperidine rings is 1. The maximum absolute atomic E-state index is 12.1. The van der Waals surface area contributed by atoms with Crippen LogP contribution in [0.4, 0.5) is 0 Å². The minimum absolute atomic E-state index is 0.198. The van der Waals surface area contributed by atoms with E-state index in [-0.39, 0.29) is 5.91 Å². The molecule has 1 fully saturated rings. The number of quaternary nitrogens is 1. The molecular formula is C19H24N3O2+. The lowest BCUT2D eigenvalue weighted by atomic mass is 10.1. The van der Waals surface area contributed by atoms with Crippen LogP contribution < -0.4 is 10.3 Å². The first-order chi connectivity index (χ1) is 11.6. The van der Waals surface area contributed by atoms with Crippen LogP contribution in [0.2, 0.25) is 0 Å². The first-order valence-electron chi connectivity index (χ1n) is 8.42. The average Bonchev–Trinajstić information content (AvgIpc) is 2.93. The summed E-state index contributed by atoms with van der Waals surface area (Å²) in [5, 5.41) is 4.31. The largest absolute Gasteiger partial charge is 0.466 e. The first kappa shape index (κ1) is 16.5. The average molecular weight is 326 g/mol. The van der Waals surface area contributed by atoms with Gasteiger partial charge in [0.15, 0.2) is 0 Å². The molecule has 2 heterocycles. The zero-order valence-corrected chi connectivity index (χ0v) is 14.3. The molecule has 2 aromatic rings. The van der Waals surface area contributed by atoms with Gasteiger partial charge in [-0.2, -0.15) is 5.10 Å². The van der Waals surface area contributed by atoms with Crippen molar-refractivity contribution in [2.45, 2.75) is 33.2 Å². The number of hydrogen-bond donors (Lipinski definition) is 2. The molecule has 0 atom stereocenters. The number of nitrogens with one attached hydrogen (secondary N) is 2. The standard InChI is InChI=1S/C19H23N3O2/c1-14-12-18(15(2)24-14)19(23)21-20-17-8-10-22(11-9-17)13-16-6-4-3-5-7-16/h3-7,12H,8-11,13H2,1-2H3,(H,21,23)/p+1. The van der Waals surface area contributed by atoms with E-state index >= 15 is 0 Å². The molecule has 24 heavy (non-hydrogen) atoms. The molecule has 126 valence electrons. The number of furan rings is 1. The van der Waals surface area contributed by atoms with Crippen molar-refractivity contribution in [1.29, 1.82) is 0 Å². The van der Waals surface area contributed by atoms with Gasteiger partial charge in [0.25, 0.3) is 5.91 Å². The minimum atomic E-state index is -0.198. The molecule has 1 amide bonds. The molecule has 0 spiro atoms. The van der Waals surface area contributed by atoms with Gasteiger partial charge >= 0.3 is 0 Å². The van der Waals surface area contributed by atoms with Gasteiger partial charge in [0, 0.05) is 24.1 Å². The van der Waals surface area contributed by atoms with E-state index in [0.717, 1.165) is 43.9 Å². The number of rotatable bonds is 4. The molecule has 5 heteroatoms. The molecule has 1 saturated heterocycles. The van der Waals surface area contributed by atoms with Crippen molar-refractivity contribution in [1.82, 2.24) is 5.43 Å². The molecule has 1 aromatic carbocycles. The number of nitrogens with zero attached hydrogens (tertiary/aromatic N) is 1. The Morgan fingerprint density at radius 3 is 2.54 bits per heavy atom. The Kier molecular flexibility index (Phi) is 5.11. The molecule has 0 saturated carbocycles. The van der Waals surface area contributed by atoms with Gasteiger partial charge in [0.1, 0.15) is 18.1 Å². The summed E-state index contributed by atoms with van der Waals surface area (Å²) < 4.78 is 5.39. The van der Waals surface area contributed by atoms with E-state index in [2.05, 4.69) is 34.8 Å². The molecule has 5 nitrogen and oxygen atoms in total. The third-order valence-electron chi connectivity index (χ3n) is 4.43. The summed E-state index contributed by atoms with van der Waals surface area (Å²) in [6.45, 7) is 6.77. The number of hydrazone groups is 1. The Bertz CT molecular complexity index is 724. The summed E-state index contributed by atoms with van der Waals surface area (Å²) in [4.78, 5) is 13.7. The van der Waals surface area contributed by atoms with Gasteiger partial charge in [0.05, 0.1) is 18.7 Å². The fraction of sp³-hybridized carbons (Fsp3) is 0.368. The van der Waals surface area contributed by atoms with Gasteiger partial charge < -0.3 is 9.32 Å². The molecule has 1 aromatic heterocycles. The van der Waals surface area contributed by atoms with Crippen molar-refractivity contribution in [3.8, 4) is 0 Å². The van der Waals surface area contributed by atoms with Gasteiger partial charge in [-0.3, -0.25) is 4.79 Å². The molecule has 0 unspecified atom stereocenters. The summed E-state index contributed by atoms with van der Waals surface area (Å²) in [5.41, 5.74) is 5.66. The van der Waals surface area contributed by atoms with E-state index < -0.39 is 0 Å². The van der Waals surface area contributed by atoms with E-state index in [1.54, 1.807) is 17.9 Å². The second-order valence-corrected chi connectivity index (χ2v) is 6.36. The number of amides is 1. The SMILES string of the molecule is Cc1cc(C(=O)NN=C2CC[NH+](Cc3ccccc3)CC2)c(C)o1. The van der Waals surface area contributed by atoms with Crippen LogP contribution >= 0.6 is 0 Å². The number of aryl methyl sites for hydroxylation is 2. The number of likely N-dealkylation sites (tertiary alicyclic amines) is 1. The van der Waals surface area contributed by atoms with Crippen molar-refractivity contribution >= 4 is 11.6 Å². The van der Waals surface area contributed by atoms with Crippen molar-refractivity contribution < 1.29 is 14.1 Å². The molecule has 0 bridgehead atoms. The lowest BCUT2D eigenvalue weighted by Gasteiger charge is -2.24. The van der Waals surface area contributed by atoms with Crippen LogP contribution in [0.15, 0.2) is 45.9 Å². The Hall–Kier alpha value is -2.40. The molecule has 1 aliphatic rings. The summed E-state index contributed by atoms with van der Waals surface area (Å²) in [7, 11) is 0. The Labute approximate surface area is 142 Å². The van der Waals surface area contributed by atoms with Gasteiger partial charge in [-0.25, -0.2) is 5.43 Å². The third kappa shape index (κ3) is 4.11. The zero-order chi connectivity index (χ0) is 16.9. The van der Waals surface area contributed by atoms with E-state index in [1.165, 1.54) is 5.56 Å². The molecular weight excluding hydrogens is 302 g/mol. The highest BCUT2D eigenvalue weighted by atomic mass is 16.3. The molecule has 3 rings (SSSR count).